The van der Waals surface area contributed by atoms with E-state index in [1.807, 2.05) is 19.9 Å². The summed E-state index contributed by atoms with van der Waals surface area (Å²) in [6.45, 7) is 9.73. The summed E-state index contributed by atoms with van der Waals surface area (Å²) >= 11 is 0. The van der Waals surface area contributed by atoms with Gasteiger partial charge >= 0.3 is 0 Å². The summed E-state index contributed by atoms with van der Waals surface area (Å²) in [4.78, 5) is 2.30. The predicted octanol–water partition coefficient (Wildman–Crippen LogP) is 2.04. The van der Waals surface area contributed by atoms with E-state index in [4.69, 9.17) is 9.15 Å². The summed E-state index contributed by atoms with van der Waals surface area (Å²) in [6.07, 6.45) is 2.84. The fourth-order valence-corrected chi connectivity index (χ4v) is 1.78. The van der Waals surface area contributed by atoms with Crippen molar-refractivity contribution in [3.05, 3.63) is 23.7 Å². The van der Waals surface area contributed by atoms with E-state index in [1.54, 1.807) is 6.26 Å². The molecule has 0 bridgehead atoms. The first-order valence-corrected chi connectivity index (χ1v) is 6.74. The van der Waals surface area contributed by atoms with Gasteiger partial charge in [0, 0.05) is 38.4 Å². The zero-order valence-electron chi connectivity index (χ0n) is 11.9. The highest BCUT2D eigenvalue weighted by atomic mass is 16.5. The lowest BCUT2D eigenvalue weighted by molar-refractivity contribution is 0.144. The minimum absolute atomic E-state index is 0.812. The van der Waals surface area contributed by atoms with Crippen molar-refractivity contribution in [1.29, 1.82) is 0 Å². The molecule has 0 aliphatic carbocycles. The van der Waals surface area contributed by atoms with Gasteiger partial charge in [-0.25, -0.2) is 0 Å². The number of ether oxygens (including phenoxy) is 1. The minimum Gasteiger partial charge on any atom is -0.469 e. The Bertz CT molecular complexity index is 312. The van der Waals surface area contributed by atoms with Crippen LogP contribution in [0.2, 0.25) is 0 Å². The molecule has 0 unspecified atom stereocenters. The summed E-state index contributed by atoms with van der Waals surface area (Å²) in [6, 6.07) is 2.04. The first-order valence-electron chi connectivity index (χ1n) is 6.74. The largest absolute Gasteiger partial charge is 0.469 e. The molecule has 0 aliphatic rings. The second-order valence-corrected chi connectivity index (χ2v) is 4.54. The Kier molecular flexibility index (Phi) is 7.73. The molecule has 0 radical (unpaired) electrons. The molecule has 0 aliphatic heterocycles. The minimum atomic E-state index is 0.812. The Morgan fingerprint density at radius 3 is 2.89 bits per heavy atom. The number of rotatable bonds is 10. The Morgan fingerprint density at radius 2 is 2.22 bits per heavy atom. The van der Waals surface area contributed by atoms with Crippen LogP contribution in [0.5, 0.6) is 0 Å². The molecule has 1 aromatic rings. The normalized spacial score (nSPS) is 11.3. The van der Waals surface area contributed by atoms with Crippen LogP contribution in [0.25, 0.3) is 0 Å². The Labute approximate surface area is 110 Å². The number of nitrogens with zero attached hydrogens (tertiary/aromatic N) is 1. The molecule has 0 saturated carbocycles. The van der Waals surface area contributed by atoms with Crippen LogP contribution in [0, 0.1) is 6.92 Å². The van der Waals surface area contributed by atoms with E-state index in [-0.39, 0.29) is 0 Å². The molecule has 1 heterocycles. The van der Waals surface area contributed by atoms with Gasteiger partial charge in [-0.3, -0.25) is 0 Å². The van der Waals surface area contributed by atoms with Crippen molar-refractivity contribution in [1.82, 2.24) is 10.2 Å². The van der Waals surface area contributed by atoms with Crippen LogP contribution >= 0.6 is 0 Å². The van der Waals surface area contributed by atoms with Crippen LogP contribution in [0.1, 0.15) is 24.7 Å². The van der Waals surface area contributed by atoms with Crippen molar-refractivity contribution in [3.8, 4) is 0 Å². The second-order valence-electron chi connectivity index (χ2n) is 4.54. The summed E-state index contributed by atoms with van der Waals surface area (Å²) < 4.78 is 10.6. The fourth-order valence-electron chi connectivity index (χ4n) is 1.78. The third-order valence-corrected chi connectivity index (χ3v) is 2.92. The SMILES string of the molecule is CCOCCCNCCN(C)Cc1ccoc1C. The van der Waals surface area contributed by atoms with E-state index in [9.17, 15) is 0 Å². The van der Waals surface area contributed by atoms with Gasteiger partial charge in [0.05, 0.1) is 6.26 Å². The molecule has 4 heteroatoms. The third kappa shape index (κ3) is 6.19. The maximum absolute atomic E-state index is 5.29. The van der Waals surface area contributed by atoms with E-state index >= 15 is 0 Å². The van der Waals surface area contributed by atoms with Crippen LogP contribution in [-0.2, 0) is 11.3 Å². The first-order chi connectivity index (χ1) is 8.74. The van der Waals surface area contributed by atoms with Crippen LogP contribution in [0.15, 0.2) is 16.7 Å². The maximum Gasteiger partial charge on any atom is 0.105 e. The van der Waals surface area contributed by atoms with Gasteiger partial charge in [0.15, 0.2) is 0 Å². The smallest absolute Gasteiger partial charge is 0.105 e. The molecule has 1 N–H and O–H groups in total. The van der Waals surface area contributed by atoms with Crippen molar-refractivity contribution in [2.45, 2.75) is 26.8 Å². The summed E-state index contributed by atoms with van der Waals surface area (Å²) in [5, 5.41) is 3.42. The lowest BCUT2D eigenvalue weighted by Gasteiger charge is -2.16. The maximum atomic E-state index is 5.29. The number of aryl methyl sites for hydroxylation is 1. The number of hydrogen-bond donors (Lipinski definition) is 1. The number of likely N-dealkylation sites (N-methyl/N-ethyl adjacent to an activating group) is 1. The molecule has 0 aromatic carbocycles. The standard InChI is InChI=1S/C14H26N2O2/c1-4-17-10-5-7-15-8-9-16(3)12-14-6-11-18-13(14)2/h6,11,15H,4-5,7-10,12H2,1-3H3. The molecule has 1 rings (SSSR count). The van der Waals surface area contributed by atoms with Crippen LogP contribution in [0.3, 0.4) is 0 Å². The summed E-state index contributed by atoms with van der Waals surface area (Å²) in [5.41, 5.74) is 1.27. The Hall–Kier alpha value is -0.840. The van der Waals surface area contributed by atoms with Gasteiger partial charge in [-0.15, -0.1) is 0 Å². The van der Waals surface area contributed by atoms with Crippen LogP contribution < -0.4 is 5.32 Å². The van der Waals surface area contributed by atoms with E-state index < -0.39 is 0 Å². The van der Waals surface area contributed by atoms with Crippen LogP contribution in [0.4, 0.5) is 0 Å². The van der Waals surface area contributed by atoms with Gasteiger partial charge in [-0.2, -0.15) is 0 Å². The van der Waals surface area contributed by atoms with Gasteiger partial charge < -0.3 is 19.4 Å². The highest BCUT2D eigenvalue weighted by Crippen LogP contribution is 2.10. The van der Waals surface area contributed by atoms with Crippen molar-refractivity contribution >= 4 is 0 Å². The average Bonchev–Trinajstić information content (AvgIpc) is 2.74. The predicted molar refractivity (Wildman–Crippen MR) is 73.8 cm³/mol. The zero-order valence-corrected chi connectivity index (χ0v) is 11.9. The average molecular weight is 254 g/mol. The molecule has 1 aromatic heterocycles. The van der Waals surface area contributed by atoms with Gasteiger partial charge in [0.2, 0.25) is 0 Å². The van der Waals surface area contributed by atoms with Crippen molar-refractivity contribution in [2.75, 3.05) is 39.9 Å². The van der Waals surface area contributed by atoms with Gasteiger partial charge in [-0.1, -0.05) is 0 Å². The molecule has 0 fully saturated rings. The number of furan rings is 1. The molecule has 0 spiro atoms. The summed E-state index contributed by atoms with van der Waals surface area (Å²) in [5.74, 6) is 1.02. The highest BCUT2D eigenvalue weighted by Gasteiger charge is 2.04. The summed E-state index contributed by atoms with van der Waals surface area (Å²) in [7, 11) is 2.13. The fraction of sp³-hybridized carbons (Fsp3) is 0.714. The highest BCUT2D eigenvalue weighted by molar-refractivity contribution is 5.14. The van der Waals surface area contributed by atoms with Gasteiger partial charge in [-0.05, 0) is 39.9 Å². The Balaban J connectivity index is 2.00. The molecule has 0 atom stereocenters. The molecule has 18 heavy (non-hydrogen) atoms. The molecular formula is C14H26N2O2. The monoisotopic (exact) mass is 254 g/mol. The Morgan fingerprint density at radius 1 is 1.39 bits per heavy atom. The molecular weight excluding hydrogens is 228 g/mol. The number of nitrogens with one attached hydrogen (secondary N) is 1. The van der Waals surface area contributed by atoms with E-state index in [0.29, 0.717) is 0 Å². The van der Waals surface area contributed by atoms with Crippen molar-refractivity contribution in [2.24, 2.45) is 0 Å². The van der Waals surface area contributed by atoms with Crippen molar-refractivity contribution < 1.29 is 9.15 Å². The topological polar surface area (TPSA) is 37.6 Å². The van der Waals surface area contributed by atoms with E-state index in [0.717, 1.165) is 51.6 Å². The third-order valence-electron chi connectivity index (χ3n) is 2.92. The molecule has 4 nitrogen and oxygen atoms in total. The van der Waals surface area contributed by atoms with Crippen molar-refractivity contribution in [3.63, 3.8) is 0 Å². The zero-order chi connectivity index (χ0) is 13.2. The van der Waals surface area contributed by atoms with Gasteiger partial charge in [0.25, 0.3) is 0 Å². The van der Waals surface area contributed by atoms with E-state index in [1.165, 1.54) is 5.56 Å². The second kappa shape index (κ2) is 9.14. The lowest BCUT2D eigenvalue weighted by Crippen LogP contribution is -2.29. The number of hydrogen-bond acceptors (Lipinski definition) is 4. The van der Waals surface area contributed by atoms with E-state index in [2.05, 4.69) is 17.3 Å². The quantitative estimate of drug-likeness (QED) is 0.648. The lowest BCUT2D eigenvalue weighted by atomic mass is 10.2. The van der Waals surface area contributed by atoms with Gasteiger partial charge in [0.1, 0.15) is 5.76 Å². The molecule has 0 saturated heterocycles. The molecule has 0 amide bonds. The van der Waals surface area contributed by atoms with Crippen LogP contribution in [-0.4, -0.2) is 44.8 Å². The molecule has 104 valence electrons. The first kappa shape index (κ1) is 15.2.